The van der Waals surface area contributed by atoms with Gasteiger partial charge >= 0.3 is 6.03 Å². The van der Waals surface area contributed by atoms with Crippen molar-refractivity contribution in [3.05, 3.63) is 28.8 Å². The smallest absolute Gasteiger partial charge is 0.329 e. The molecule has 0 aromatic heterocycles. The fourth-order valence-electron chi connectivity index (χ4n) is 0.975. The lowest BCUT2D eigenvalue weighted by Crippen LogP contribution is -2.27. The maximum Gasteiger partial charge on any atom is 0.329 e. The fraction of sp³-hybridized carbons (Fsp3) is 0.125. The van der Waals surface area contributed by atoms with Gasteiger partial charge in [0.1, 0.15) is 0 Å². The van der Waals surface area contributed by atoms with E-state index >= 15 is 0 Å². The van der Waals surface area contributed by atoms with E-state index in [1.54, 1.807) is 18.2 Å². The van der Waals surface area contributed by atoms with Crippen molar-refractivity contribution in [3.8, 4) is 0 Å². The number of benzene rings is 1. The van der Waals surface area contributed by atoms with Crippen molar-refractivity contribution in [1.29, 1.82) is 0 Å². The number of halogens is 1. The van der Waals surface area contributed by atoms with Crippen LogP contribution in [0.25, 0.3) is 0 Å². The zero-order chi connectivity index (χ0) is 10.0. The van der Waals surface area contributed by atoms with Crippen molar-refractivity contribution in [2.24, 2.45) is 5.73 Å². The molecule has 1 rings (SSSR count). The van der Waals surface area contributed by atoms with Crippen LogP contribution in [-0.4, -0.2) is 6.03 Å². The number of nitrogens with two attached hydrogens (primary N) is 1. The van der Waals surface area contributed by atoms with Gasteiger partial charge in [0.15, 0.2) is 0 Å². The maximum atomic E-state index is 10.8. The number of urea groups is 1. The first-order valence-electron chi connectivity index (χ1n) is 3.57. The summed E-state index contributed by atoms with van der Waals surface area (Å²) in [7, 11) is 0. The monoisotopic (exact) mass is 216 g/mol. The van der Waals surface area contributed by atoms with E-state index in [4.69, 9.17) is 17.3 Å². The first-order valence-corrected chi connectivity index (χ1v) is 4.34. The standard InChI is InChI=1S/C8H9ClN2OS/c1-5-4-6(9)2-3-7(5)11(13)8(10)12/h2-4,13H,1H3,(H2,10,12). The molecular weight excluding hydrogens is 208 g/mol. The minimum absolute atomic E-state index is 0.617. The van der Waals surface area contributed by atoms with Crippen LogP contribution in [0.5, 0.6) is 0 Å². The topological polar surface area (TPSA) is 46.3 Å². The predicted octanol–water partition coefficient (Wildman–Crippen LogP) is 2.38. The molecule has 0 aliphatic heterocycles. The van der Waals surface area contributed by atoms with Crippen molar-refractivity contribution >= 4 is 36.1 Å². The van der Waals surface area contributed by atoms with Crippen LogP contribution >= 0.6 is 24.4 Å². The molecule has 0 atom stereocenters. The Balaban J connectivity index is 3.08. The van der Waals surface area contributed by atoms with E-state index in [0.717, 1.165) is 9.87 Å². The van der Waals surface area contributed by atoms with Crippen molar-refractivity contribution in [1.82, 2.24) is 0 Å². The molecule has 1 aromatic carbocycles. The molecule has 0 fully saturated rings. The van der Waals surface area contributed by atoms with Crippen LogP contribution in [0.1, 0.15) is 5.56 Å². The number of anilines is 1. The number of primary amides is 1. The molecule has 0 aliphatic carbocycles. The van der Waals surface area contributed by atoms with Gasteiger partial charge in [0.2, 0.25) is 0 Å². The average Bonchev–Trinajstić information content (AvgIpc) is 2.03. The zero-order valence-electron chi connectivity index (χ0n) is 6.99. The molecular formula is C8H9ClN2OS. The predicted molar refractivity (Wildman–Crippen MR) is 57.2 cm³/mol. The Hall–Kier alpha value is -0.870. The zero-order valence-corrected chi connectivity index (χ0v) is 8.64. The number of carbonyl (C=O) groups is 1. The first kappa shape index (κ1) is 10.2. The normalized spacial score (nSPS) is 9.77. The van der Waals surface area contributed by atoms with Gasteiger partial charge in [0, 0.05) is 5.02 Å². The van der Waals surface area contributed by atoms with Gasteiger partial charge in [-0.25, -0.2) is 9.10 Å². The highest BCUT2D eigenvalue weighted by molar-refractivity contribution is 7.82. The summed E-state index contributed by atoms with van der Waals surface area (Å²) in [6.45, 7) is 1.83. The fourth-order valence-corrected chi connectivity index (χ4v) is 1.43. The van der Waals surface area contributed by atoms with Crippen molar-refractivity contribution in [3.63, 3.8) is 0 Å². The van der Waals surface area contributed by atoms with Crippen LogP contribution in [0, 0.1) is 6.92 Å². The van der Waals surface area contributed by atoms with Gasteiger partial charge in [-0.1, -0.05) is 24.4 Å². The lowest BCUT2D eigenvalue weighted by Gasteiger charge is -2.15. The number of rotatable bonds is 1. The Bertz CT molecular complexity index is 343. The molecule has 0 spiro atoms. The number of carbonyl (C=O) groups excluding carboxylic acids is 1. The second-order valence-corrected chi connectivity index (χ2v) is 3.42. The summed E-state index contributed by atoms with van der Waals surface area (Å²) < 4.78 is 1.08. The molecule has 70 valence electrons. The second kappa shape index (κ2) is 3.89. The van der Waals surface area contributed by atoms with E-state index < -0.39 is 6.03 Å². The molecule has 3 nitrogen and oxygen atoms in total. The molecule has 0 bridgehead atoms. The van der Waals surface area contributed by atoms with E-state index in [0.29, 0.717) is 10.7 Å². The average molecular weight is 217 g/mol. The second-order valence-electron chi connectivity index (χ2n) is 2.58. The first-order chi connectivity index (χ1) is 6.02. The van der Waals surface area contributed by atoms with Gasteiger partial charge in [0.05, 0.1) is 5.69 Å². The summed E-state index contributed by atoms with van der Waals surface area (Å²) in [6.07, 6.45) is 0. The van der Waals surface area contributed by atoms with E-state index in [-0.39, 0.29) is 0 Å². The van der Waals surface area contributed by atoms with Crippen molar-refractivity contribution in [2.75, 3.05) is 4.31 Å². The molecule has 0 saturated carbocycles. The summed E-state index contributed by atoms with van der Waals surface area (Å²) in [5.74, 6) is 0. The molecule has 2 N–H and O–H groups in total. The van der Waals surface area contributed by atoms with Gasteiger partial charge in [0.25, 0.3) is 0 Å². The summed E-state index contributed by atoms with van der Waals surface area (Å²) in [4.78, 5) is 10.8. The molecule has 0 aliphatic rings. The number of thiol groups is 1. The molecule has 13 heavy (non-hydrogen) atoms. The van der Waals surface area contributed by atoms with E-state index in [9.17, 15) is 4.79 Å². The molecule has 5 heteroatoms. The van der Waals surface area contributed by atoms with Crippen molar-refractivity contribution in [2.45, 2.75) is 6.92 Å². The highest BCUT2D eigenvalue weighted by atomic mass is 35.5. The Kier molecular flexibility index (Phi) is 3.06. The summed E-state index contributed by atoms with van der Waals surface area (Å²) in [5, 5.41) is 0.618. The van der Waals surface area contributed by atoms with Crippen LogP contribution in [0.4, 0.5) is 10.5 Å². The number of hydrogen-bond acceptors (Lipinski definition) is 2. The van der Waals surface area contributed by atoms with Crippen LogP contribution in [-0.2, 0) is 0 Å². The van der Waals surface area contributed by atoms with Crippen LogP contribution in [0.15, 0.2) is 18.2 Å². The highest BCUT2D eigenvalue weighted by Gasteiger charge is 2.09. The van der Waals surface area contributed by atoms with E-state index in [1.807, 2.05) is 6.92 Å². The SMILES string of the molecule is Cc1cc(Cl)ccc1N(S)C(N)=O. The van der Waals surface area contributed by atoms with Crippen molar-refractivity contribution < 1.29 is 4.79 Å². The number of aryl methyl sites for hydroxylation is 1. The Labute approximate surface area is 87.0 Å². The molecule has 0 saturated heterocycles. The molecule has 1 aromatic rings. The minimum atomic E-state index is -0.617. The van der Waals surface area contributed by atoms with Gasteiger partial charge in [-0.15, -0.1) is 0 Å². The third kappa shape index (κ3) is 2.29. The largest absolute Gasteiger partial charge is 0.350 e. The minimum Gasteiger partial charge on any atom is -0.350 e. The maximum absolute atomic E-state index is 10.8. The van der Waals surface area contributed by atoms with Gasteiger partial charge < -0.3 is 5.73 Å². The van der Waals surface area contributed by atoms with Crippen LogP contribution < -0.4 is 10.0 Å². The lowest BCUT2D eigenvalue weighted by molar-refractivity contribution is 0.257. The number of amides is 2. The van der Waals surface area contributed by atoms with E-state index in [1.165, 1.54) is 0 Å². The third-order valence-electron chi connectivity index (χ3n) is 1.60. The lowest BCUT2D eigenvalue weighted by atomic mass is 10.2. The van der Waals surface area contributed by atoms with E-state index in [2.05, 4.69) is 12.8 Å². The molecule has 0 unspecified atom stereocenters. The van der Waals surface area contributed by atoms with Gasteiger partial charge in [-0.2, -0.15) is 0 Å². The Morgan fingerprint density at radius 3 is 2.69 bits per heavy atom. The molecule has 2 amide bonds. The molecule has 0 radical (unpaired) electrons. The Morgan fingerprint density at radius 2 is 2.23 bits per heavy atom. The number of nitrogens with zero attached hydrogens (tertiary/aromatic N) is 1. The van der Waals surface area contributed by atoms with Crippen LogP contribution in [0.3, 0.4) is 0 Å². The van der Waals surface area contributed by atoms with Gasteiger partial charge in [-0.3, -0.25) is 0 Å². The summed E-state index contributed by atoms with van der Waals surface area (Å²) in [6, 6.07) is 4.49. The molecule has 0 heterocycles. The highest BCUT2D eigenvalue weighted by Crippen LogP contribution is 2.24. The number of hydrogen-bond donors (Lipinski definition) is 2. The quantitative estimate of drug-likeness (QED) is 0.696. The van der Waals surface area contributed by atoms with Gasteiger partial charge in [-0.05, 0) is 30.7 Å². The summed E-state index contributed by atoms with van der Waals surface area (Å²) >= 11 is 9.68. The third-order valence-corrected chi connectivity index (χ3v) is 2.24. The summed E-state index contributed by atoms with van der Waals surface area (Å²) in [5.41, 5.74) is 6.54. The van der Waals surface area contributed by atoms with Crippen LogP contribution in [0.2, 0.25) is 5.02 Å². The Morgan fingerprint density at radius 1 is 1.62 bits per heavy atom.